The number of carbonyl (C=O) groups excluding carboxylic acids is 2. The van der Waals surface area contributed by atoms with Gasteiger partial charge in [-0.15, -0.1) is 0 Å². The number of anilines is 1. The van der Waals surface area contributed by atoms with Crippen molar-refractivity contribution in [1.82, 2.24) is 0 Å². The summed E-state index contributed by atoms with van der Waals surface area (Å²) in [5.41, 5.74) is 6.74. The number of primary amides is 1. The number of nitrogens with two attached hydrogens (primary N) is 1. The molecule has 4 nitrogen and oxygen atoms in total. The van der Waals surface area contributed by atoms with Gasteiger partial charge in [-0.1, -0.05) is 18.2 Å². The monoisotopic (exact) mass is 240 g/mol. The molecule has 18 heavy (non-hydrogen) atoms. The fourth-order valence-electron chi connectivity index (χ4n) is 1.51. The molecule has 2 aromatic rings. The smallest absolute Gasteiger partial charge is 0.255 e. The number of nitrogens with one attached hydrogen (secondary N) is 1. The van der Waals surface area contributed by atoms with Crippen LogP contribution >= 0.6 is 0 Å². The van der Waals surface area contributed by atoms with Crippen LogP contribution in [0.15, 0.2) is 54.6 Å². The van der Waals surface area contributed by atoms with Crippen LogP contribution < -0.4 is 11.1 Å². The molecule has 0 atom stereocenters. The summed E-state index contributed by atoms with van der Waals surface area (Å²) in [4.78, 5) is 22.7. The lowest BCUT2D eigenvalue weighted by molar-refractivity contribution is 0.0998. The Morgan fingerprint density at radius 1 is 0.833 bits per heavy atom. The van der Waals surface area contributed by atoms with Crippen LogP contribution in [0.4, 0.5) is 5.69 Å². The zero-order valence-corrected chi connectivity index (χ0v) is 9.59. The quantitative estimate of drug-likeness (QED) is 0.861. The van der Waals surface area contributed by atoms with E-state index in [9.17, 15) is 9.59 Å². The number of rotatable bonds is 3. The zero-order valence-electron chi connectivity index (χ0n) is 9.59. The van der Waals surface area contributed by atoms with Gasteiger partial charge in [0, 0.05) is 16.8 Å². The van der Waals surface area contributed by atoms with E-state index >= 15 is 0 Å². The largest absolute Gasteiger partial charge is 0.366 e. The lowest BCUT2D eigenvalue weighted by Crippen LogP contribution is -2.13. The average molecular weight is 240 g/mol. The maximum atomic E-state index is 11.8. The molecule has 3 N–H and O–H groups in total. The van der Waals surface area contributed by atoms with Crippen molar-refractivity contribution in [2.75, 3.05) is 5.32 Å². The third kappa shape index (κ3) is 2.74. The maximum absolute atomic E-state index is 11.8. The molecule has 0 aliphatic heterocycles. The molecule has 0 aromatic heterocycles. The van der Waals surface area contributed by atoms with Crippen LogP contribution in [-0.2, 0) is 0 Å². The Bertz CT molecular complexity index is 562. The summed E-state index contributed by atoms with van der Waals surface area (Å²) in [5, 5.41) is 2.73. The fraction of sp³-hybridized carbons (Fsp3) is 0. The first-order chi connectivity index (χ1) is 8.66. The van der Waals surface area contributed by atoms with Gasteiger partial charge < -0.3 is 11.1 Å². The molecule has 0 saturated carbocycles. The van der Waals surface area contributed by atoms with Crippen molar-refractivity contribution in [2.45, 2.75) is 0 Å². The predicted molar refractivity (Wildman–Crippen MR) is 69.4 cm³/mol. The van der Waals surface area contributed by atoms with Crippen LogP contribution in [0.3, 0.4) is 0 Å². The lowest BCUT2D eigenvalue weighted by atomic mass is 10.2. The lowest BCUT2D eigenvalue weighted by Gasteiger charge is -2.05. The van der Waals surface area contributed by atoms with Crippen LogP contribution in [0.25, 0.3) is 0 Å². The van der Waals surface area contributed by atoms with E-state index in [2.05, 4.69) is 5.32 Å². The van der Waals surface area contributed by atoms with Crippen LogP contribution in [0, 0.1) is 0 Å². The number of benzene rings is 2. The number of amides is 2. The molecule has 0 radical (unpaired) electrons. The van der Waals surface area contributed by atoms with E-state index in [4.69, 9.17) is 5.73 Å². The van der Waals surface area contributed by atoms with Crippen molar-refractivity contribution in [3.8, 4) is 0 Å². The summed E-state index contributed by atoms with van der Waals surface area (Å²) in [7, 11) is 0. The minimum Gasteiger partial charge on any atom is -0.366 e. The van der Waals surface area contributed by atoms with E-state index in [0.717, 1.165) is 0 Å². The second kappa shape index (κ2) is 5.14. The third-order valence-corrected chi connectivity index (χ3v) is 2.46. The van der Waals surface area contributed by atoms with Crippen molar-refractivity contribution in [1.29, 1.82) is 0 Å². The minimum atomic E-state index is -0.490. The van der Waals surface area contributed by atoms with Crippen molar-refractivity contribution in [2.24, 2.45) is 5.73 Å². The summed E-state index contributed by atoms with van der Waals surface area (Å²) < 4.78 is 0. The van der Waals surface area contributed by atoms with Crippen LogP contribution in [0.5, 0.6) is 0 Å². The number of hydrogen-bond donors (Lipinski definition) is 2. The standard InChI is InChI=1S/C14H12N2O2/c15-13(17)10-6-8-12(9-7-10)16-14(18)11-4-2-1-3-5-11/h1-9H,(H2,15,17)(H,16,18). The summed E-state index contributed by atoms with van der Waals surface area (Å²) in [5.74, 6) is -0.682. The Hall–Kier alpha value is -2.62. The van der Waals surface area contributed by atoms with Crippen molar-refractivity contribution >= 4 is 17.5 Å². The topological polar surface area (TPSA) is 72.2 Å². The highest BCUT2D eigenvalue weighted by atomic mass is 16.2. The van der Waals surface area contributed by atoms with Crippen molar-refractivity contribution in [3.05, 3.63) is 65.7 Å². The summed E-state index contributed by atoms with van der Waals surface area (Å²) in [6, 6.07) is 15.3. The van der Waals surface area contributed by atoms with Gasteiger partial charge in [0.2, 0.25) is 5.91 Å². The van der Waals surface area contributed by atoms with Gasteiger partial charge in [-0.25, -0.2) is 0 Å². The van der Waals surface area contributed by atoms with Crippen LogP contribution in [0.1, 0.15) is 20.7 Å². The second-order valence-corrected chi connectivity index (χ2v) is 3.76. The first-order valence-electron chi connectivity index (χ1n) is 5.43. The number of carbonyl (C=O) groups is 2. The molecule has 0 bridgehead atoms. The Morgan fingerprint density at radius 3 is 2.00 bits per heavy atom. The van der Waals surface area contributed by atoms with Gasteiger partial charge in [-0.3, -0.25) is 9.59 Å². The molecule has 90 valence electrons. The molecule has 0 aliphatic carbocycles. The van der Waals surface area contributed by atoms with Crippen molar-refractivity contribution < 1.29 is 9.59 Å². The first-order valence-corrected chi connectivity index (χ1v) is 5.43. The molecule has 0 heterocycles. The zero-order chi connectivity index (χ0) is 13.0. The Balaban J connectivity index is 2.10. The SMILES string of the molecule is NC(=O)c1ccc(NC(=O)c2ccccc2)cc1. The van der Waals surface area contributed by atoms with Crippen LogP contribution in [0.2, 0.25) is 0 Å². The highest BCUT2D eigenvalue weighted by Crippen LogP contribution is 2.11. The Kier molecular flexibility index (Phi) is 3.38. The minimum absolute atomic E-state index is 0.192. The number of hydrogen-bond acceptors (Lipinski definition) is 2. The Labute approximate surface area is 104 Å². The van der Waals surface area contributed by atoms with E-state index in [1.807, 2.05) is 6.07 Å². The van der Waals surface area contributed by atoms with Gasteiger partial charge in [0.05, 0.1) is 0 Å². The molecule has 4 heteroatoms. The van der Waals surface area contributed by atoms with Gasteiger partial charge >= 0.3 is 0 Å². The summed E-state index contributed by atoms with van der Waals surface area (Å²) in [6.07, 6.45) is 0. The van der Waals surface area contributed by atoms with Gasteiger partial charge in [-0.05, 0) is 36.4 Å². The molecule has 0 fully saturated rings. The maximum Gasteiger partial charge on any atom is 0.255 e. The van der Waals surface area contributed by atoms with E-state index in [1.165, 1.54) is 0 Å². The van der Waals surface area contributed by atoms with E-state index in [-0.39, 0.29) is 5.91 Å². The molecule has 2 amide bonds. The predicted octanol–water partition coefficient (Wildman–Crippen LogP) is 2.04. The van der Waals surface area contributed by atoms with Gasteiger partial charge in [-0.2, -0.15) is 0 Å². The van der Waals surface area contributed by atoms with Gasteiger partial charge in [0.15, 0.2) is 0 Å². The van der Waals surface area contributed by atoms with E-state index in [1.54, 1.807) is 48.5 Å². The van der Waals surface area contributed by atoms with Gasteiger partial charge in [0.1, 0.15) is 0 Å². The van der Waals surface area contributed by atoms with E-state index in [0.29, 0.717) is 16.8 Å². The third-order valence-electron chi connectivity index (χ3n) is 2.46. The highest BCUT2D eigenvalue weighted by molar-refractivity contribution is 6.04. The first kappa shape index (κ1) is 11.9. The molecule has 0 aliphatic rings. The molecular formula is C14H12N2O2. The highest BCUT2D eigenvalue weighted by Gasteiger charge is 2.05. The fourth-order valence-corrected chi connectivity index (χ4v) is 1.51. The van der Waals surface area contributed by atoms with Crippen LogP contribution in [-0.4, -0.2) is 11.8 Å². The Morgan fingerprint density at radius 2 is 1.44 bits per heavy atom. The molecule has 0 spiro atoms. The average Bonchev–Trinajstić information content (AvgIpc) is 2.40. The molecule has 0 unspecified atom stereocenters. The molecule has 0 saturated heterocycles. The van der Waals surface area contributed by atoms with Crippen molar-refractivity contribution in [3.63, 3.8) is 0 Å². The van der Waals surface area contributed by atoms with Gasteiger partial charge in [0.25, 0.3) is 5.91 Å². The summed E-state index contributed by atoms with van der Waals surface area (Å²) in [6.45, 7) is 0. The summed E-state index contributed by atoms with van der Waals surface area (Å²) >= 11 is 0. The van der Waals surface area contributed by atoms with E-state index < -0.39 is 5.91 Å². The molecule has 2 aromatic carbocycles. The molecular weight excluding hydrogens is 228 g/mol. The normalized spacial score (nSPS) is 9.78. The molecule has 2 rings (SSSR count). The second-order valence-electron chi connectivity index (χ2n) is 3.76.